The number of carbonyl (C=O) groups is 1. The minimum Gasteiger partial charge on any atom is -0.469 e. The van der Waals surface area contributed by atoms with E-state index in [9.17, 15) is 9.18 Å². The van der Waals surface area contributed by atoms with Crippen molar-refractivity contribution in [3.63, 3.8) is 0 Å². The summed E-state index contributed by atoms with van der Waals surface area (Å²) in [5.74, 6) is -0.457. The standard InChI is InChI=1S/C13H18FNO2/c1-10(11-4-6-12(14)7-5-11)15(2)9-8-13(16)17-3/h4-7,10H,8-9H2,1-3H3. The van der Waals surface area contributed by atoms with Crippen molar-refractivity contribution in [3.8, 4) is 0 Å². The number of hydrogen-bond acceptors (Lipinski definition) is 3. The van der Waals surface area contributed by atoms with E-state index in [4.69, 9.17) is 0 Å². The van der Waals surface area contributed by atoms with Gasteiger partial charge in [0.2, 0.25) is 0 Å². The van der Waals surface area contributed by atoms with Gasteiger partial charge in [0.25, 0.3) is 0 Å². The summed E-state index contributed by atoms with van der Waals surface area (Å²) in [5.41, 5.74) is 1.03. The Morgan fingerprint density at radius 2 is 2.00 bits per heavy atom. The molecule has 3 nitrogen and oxygen atoms in total. The molecule has 0 aliphatic rings. The maximum atomic E-state index is 12.8. The van der Waals surface area contributed by atoms with E-state index in [1.807, 2.05) is 18.9 Å². The second-order valence-electron chi connectivity index (χ2n) is 4.03. The van der Waals surface area contributed by atoms with Crippen LogP contribution in [0.2, 0.25) is 0 Å². The summed E-state index contributed by atoms with van der Waals surface area (Å²) in [6, 6.07) is 6.55. The van der Waals surface area contributed by atoms with E-state index in [-0.39, 0.29) is 17.8 Å². The molecule has 0 aliphatic carbocycles. The van der Waals surface area contributed by atoms with Crippen molar-refractivity contribution in [1.82, 2.24) is 4.90 Å². The van der Waals surface area contributed by atoms with Crippen LogP contribution in [0.4, 0.5) is 4.39 Å². The van der Waals surface area contributed by atoms with Crippen molar-refractivity contribution in [2.24, 2.45) is 0 Å². The Hall–Kier alpha value is -1.42. The Kier molecular flexibility index (Phi) is 5.10. The average Bonchev–Trinajstić information content (AvgIpc) is 2.35. The summed E-state index contributed by atoms with van der Waals surface area (Å²) < 4.78 is 17.4. The van der Waals surface area contributed by atoms with Crippen LogP contribution in [0.3, 0.4) is 0 Å². The molecule has 0 N–H and O–H groups in total. The lowest BCUT2D eigenvalue weighted by Gasteiger charge is -2.24. The van der Waals surface area contributed by atoms with Crippen molar-refractivity contribution >= 4 is 5.97 Å². The maximum Gasteiger partial charge on any atom is 0.306 e. The Bertz CT molecular complexity index is 364. The molecule has 0 amide bonds. The Morgan fingerprint density at radius 3 is 2.53 bits per heavy atom. The molecular weight excluding hydrogens is 221 g/mol. The minimum atomic E-state index is -0.238. The third-order valence-corrected chi connectivity index (χ3v) is 2.91. The number of nitrogens with zero attached hydrogens (tertiary/aromatic N) is 1. The van der Waals surface area contributed by atoms with Gasteiger partial charge in [-0.3, -0.25) is 9.69 Å². The van der Waals surface area contributed by atoms with Gasteiger partial charge in [0.15, 0.2) is 0 Å². The molecule has 0 radical (unpaired) electrons. The van der Waals surface area contributed by atoms with Crippen LogP contribution in [-0.4, -0.2) is 31.6 Å². The largest absolute Gasteiger partial charge is 0.469 e. The molecule has 94 valence electrons. The van der Waals surface area contributed by atoms with Gasteiger partial charge >= 0.3 is 5.97 Å². The molecule has 0 saturated carbocycles. The number of methoxy groups -OCH3 is 1. The molecule has 0 aliphatic heterocycles. The molecule has 1 rings (SSSR count). The molecule has 0 spiro atoms. The summed E-state index contributed by atoms with van der Waals surface area (Å²) in [6.07, 6.45) is 0.360. The Labute approximate surface area is 101 Å². The molecule has 17 heavy (non-hydrogen) atoms. The number of esters is 1. The van der Waals surface area contributed by atoms with Crippen molar-refractivity contribution in [2.45, 2.75) is 19.4 Å². The van der Waals surface area contributed by atoms with Gasteiger partial charge in [0.05, 0.1) is 13.5 Å². The Morgan fingerprint density at radius 1 is 1.41 bits per heavy atom. The highest BCUT2D eigenvalue weighted by Crippen LogP contribution is 2.18. The monoisotopic (exact) mass is 239 g/mol. The van der Waals surface area contributed by atoms with E-state index in [2.05, 4.69) is 4.74 Å². The molecule has 1 unspecified atom stereocenters. The highest BCUT2D eigenvalue weighted by atomic mass is 19.1. The van der Waals surface area contributed by atoms with Gasteiger partial charge in [0, 0.05) is 12.6 Å². The van der Waals surface area contributed by atoms with Gasteiger partial charge < -0.3 is 4.74 Å². The first-order valence-corrected chi connectivity index (χ1v) is 5.57. The summed E-state index contributed by atoms with van der Waals surface area (Å²) in [7, 11) is 3.31. The third-order valence-electron chi connectivity index (χ3n) is 2.91. The molecule has 4 heteroatoms. The van der Waals surface area contributed by atoms with Crippen LogP contribution in [0.5, 0.6) is 0 Å². The number of benzene rings is 1. The van der Waals surface area contributed by atoms with Crippen molar-refractivity contribution in [2.75, 3.05) is 20.7 Å². The van der Waals surface area contributed by atoms with E-state index in [1.165, 1.54) is 19.2 Å². The number of halogens is 1. The van der Waals surface area contributed by atoms with Crippen LogP contribution in [0, 0.1) is 5.82 Å². The number of rotatable bonds is 5. The van der Waals surface area contributed by atoms with Gasteiger partial charge in [0.1, 0.15) is 5.82 Å². The lowest BCUT2D eigenvalue weighted by atomic mass is 10.1. The first-order chi connectivity index (χ1) is 8.04. The minimum absolute atomic E-state index is 0.139. The van der Waals surface area contributed by atoms with E-state index in [1.54, 1.807) is 12.1 Å². The fourth-order valence-electron chi connectivity index (χ4n) is 1.56. The normalized spacial score (nSPS) is 12.5. The molecule has 1 atom stereocenters. The van der Waals surface area contributed by atoms with Crippen LogP contribution >= 0.6 is 0 Å². The van der Waals surface area contributed by atoms with Gasteiger partial charge in [-0.15, -0.1) is 0 Å². The van der Waals surface area contributed by atoms with Crippen LogP contribution in [0.1, 0.15) is 24.9 Å². The average molecular weight is 239 g/mol. The third kappa shape index (κ3) is 4.15. The molecule has 1 aromatic rings. The first kappa shape index (κ1) is 13.6. The van der Waals surface area contributed by atoms with E-state index in [0.717, 1.165) is 5.56 Å². The summed E-state index contributed by atoms with van der Waals surface area (Å²) in [4.78, 5) is 13.1. The fourth-order valence-corrected chi connectivity index (χ4v) is 1.56. The molecule has 0 fully saturated rings. The maximum absolute atomic E-state index is 12.8. The highest BCUT2D eigenvalue weighted by molar-refractivity contribution is 5.69. The molecular formula is C13H18FNO2. The SMILES string of the molecule is COC(=O)CCN(C)C(C)c1ccc(F)cc1. The fraction of sp³-hybridized carbons (Fsp3) is 0.462. The second kappa shape index (κ2) is 6.35. The van der Waals surface area contributed by atoms with Crippen molar-refractivity contribution in [3.05, 3.63) is 35.6 Å². The lowest BCUT2D eigenvalue weighted by Crippen LogP contribution is -2.25. The topological polar surface area (TPSA) is 29.5 Å². The highest BCUT2D eigenvalue weighted by Gasteiger charge is 2.12. The van der Waals surface area contributed by atoms with Crippen molar-refractivity contribution in [1.29, 1.82) is 0 Å². The van der Waals surface area contributed by atoms with Crippen LogP contribution < -0.4 is 0 Å². The van der Waals surface area contributed by atoms with Gasteiger partial charge in [-0.2, -0.15) is 0 Å². The second-order valence-corrected chi connectivity index (χ2v) is 4.03. The quantitative estimate of drug-likeness (QED) is 0.739. The zero-order chi connectivity index (χ0) is 12.8. The lowest BCUT2D eigenvalue weighted by molar-refractivity contribution is -0.141. The number of carbonyl (C=O) groups excluding carboxylic acids is 1. The van der Waals surface area contributed by atoms with E-state index in [0.29, 0.717) is 13.0 Å². The van der Waals surface area contributed by atoms with Gasteiger partial charge in [-0.25, -0.2) is 4.39 Å². The molecule has 0 saturated heterocycles. The Balaban J connectivity index is 2.54. The molecule has 0 bridgehead atoms. The number of hydrogen-bond donors (Lipinski definition) is 0. The molecule has 1 aromatic carbocycles. The van der Waals surface area contributed by atoms with Gasteiger partial charge in [-0.1, -0.05) is 12.1 Å². The van der Waals surface area contributed by atoms with Crippen LogP contribution in [0.15, 0.2) is 24.3 Å². The predicted molar refractivity (Wildman–Crippen MR) is 64.1 cm³/mol. The van der Waals surface area contributed by atoms with E-state index < -0.39 is 0 Å². The van der Waals surface area contributed by atoms with Crippen LogP contribution in [-0.2, 0) is 9.53 Å². The zero-order valence-electron chi connectivity index (χ0n) is 10.4. The summed E-state index contributed by atoms with van der Waals surface area (Å²) in [6.45, 7) is 2.63. The molecule has 0 aromatic heterocycles. The van der Waals surface area contributed by atoms with Crippen molar-refractivity contribution < 1.29 is 13.9 Å². The van der Waals surface area contributed by atoms with Crippen LogP contribution in [0.25, 0.3) is 0 Å². The zero-order valence-corrected chi connectivity index (χ0v) is 10.4. The summed E-state index contributed by atoms with van der Waals surface area (Å²) >= 11 is 0. The summed E-state index contributed by atoms with van der Waals surface area (Å²) in [5, 5.41) is 0. The number of ether oxygens (including phenoxy) is 1. The predicted octanol–water partition coefficient (Wildman–Crippen LogP) is 2.38. The molecule has 0 heterocycles. The smallest absolute Gasteiger partial charge is 0.306 e. The first-order valence-electron chi connectivity index (χ1n) is 5.57. The van der Waals surface area contributed by atoms with E-state index >= 15 is 0 Å². The van der Waals surface area contributed by atoms with Gasteiger partial charge in [-0.05, 0) is 31.7 Å².